The molecule has 2 nitrogen and oxygen atoms in total. The quantitative estimate of drug-likeness (QED) is 0.489. The minimum Gasteiger partial charge on any atom is -0.393 e. The SMILES string of the molecule is C[C@]12CCC(O)CC1=CCC1C2CC[C@]2(C)C(=O)/C(=C\c3ccccc3F)CC12. The third-order valence-electron chi connectivity index (χ3n) is 8.95. The van der Waals surface area contributed by atoms with Crippen molar-refractivity contribution < 1.29 is 14.3 Å². The summed E-state index contributed by atoms with van der Waals surface area (Å²) in [6.07, 6.45) is 10.6. The zero-order chi connectivity index (χ0) is 20.4. The monoisotopic (exact) mass is 394 g/mol. The fourth-order valence-corrected chi connectivity index (χ4v) is 7.22. The van der Waals surface area contributed by atoms with E-state index in [9.17, 15) is 14.3 Å². The summed E-state index contributed by atoms with van der Waals surface area (Å²) in [5.74, 6) is 1.42. The van der Waals surface area contributed by atoms with Crippen LogP contribution in [-0.2, 0) is 4.79 Å². The van der Waals surface area contributed by atoms with E-state index in [1.54, 1.807) is 18.2 Å². The molecule has 1 aromatic carbocycles. The maximum absolute atomic E-state index is 14.2. The van der Waals surface area contributed by atoms with E-state index in [4.69, 9.17) is 0 Å². The summed E-state index contributed by atoms with van der Waals surface area (Å²) < 4.78 is 14.2. The molecule has 0 aromatic heterocycles. The summed E-state index contributed by atoms with van der Waals surface area (Å²) in [5.41, 5.74) is 2.64. The minimum absolute atomic E-state index is 0.171. The van der Waals surface area contributed by atoms with Gasteiger partial charge in [0.05, 0.1) is 6.10 Å². The van der Waals surface area contributed by atoms with Crippen LogP contribution in [0, 0.1) is 34.4 Å². The second-order valence-electron chi connectivity index (χ2n) is 10.3. The standard InChI is InChI=1S/C26H31FO2/c1-25-11-9-19(28)15-18(25)7-8-20-21(25)10-12-26(2)22(20)14-17(24(26)29)13-16-5-3-4-6-23(16)27/h3-7,13,19-22,28H,8-12,14-15H2,1-2H3/b17-13-/t19?,20?,21?,22?,25-,26-/m0/s1. The number of halogens is 1. The predicted molar refractivity (Wildman–Crippen MR) is 112 cm³/mol. The van der Waals surface area contributed by atoms with Crippen molar-refractivity contribution in [2.45, 2.75) is 64.9 Å². The number of hydrogen-bond acceptors (Lipinski definition) is 2. The van der Waals surface area contributed by atoms with Crippen LogP contribution in [0.15, 0.2) is 41.5 Å². The number of carbonyl (C=O) groups is 1. The second-order valence-corrected chi connectivity index (χ2v) is 10.3. The number of Topliss-reactive ketones (excluding diaryl/α,β-unsaturated/α-hetero) is 1. The number of ketones is 1. The van der Waals surface area contributed by atoms with Crippen LogP contribution in [0.1, 0.15) is 64.4 Å². The van der Waals surface area contributed by atoms with E-state index in [1.807, 2.05) is 6.07 Å². The summed E-state index contributed by atoms with van der Waals surface area (Å²) in [4.78, 5) is 13.4. The number of aliphatic hydroxyl groups is 1. The first-order valence-electron chi connectivity index (χ1n) is 11.2. The van der Waals surface area contributed by atoms with Crippen molar-refractivity contribution in [1.29, 1.82) is 0 Å². The summed E-state index contributed by atoms with van der Waals surface area (Å²) >= 11 is 0. The van der Waals surface area contributed by atoms with E-state index in [0.29, 0.717) is 23.3 Å². The summed E-state index contributed by atoms with van der Waals surface area (Å²) in [5, 5.41) is 10.2. The Morgan fingerprint density at radius 3 is 2.62 bits per heavy atom. The Morgan fingerprint density at radius 2 is 1.83 bits per heavy atom. The molecule has 0 radical (unpaired) electrons. The van der Waals surface area contributed by atoms with Crippen LogP contribution in [0.5, 0.6) is 0 Å². The molecular formula is C26H31FO2. The number of aliphatic hydroxyl groups excluding tert-OH is 1. The molecule has 29 heavy (non-hydrogen) atoms. The largest absolute Gasteiger partial charge is 0.393 e. The molecule has 1 aromatic rings. The molecule has 4 unspecified atom stereocenters. The maximum Gasteiger partial charge on any atom is 0.165 e. The fraction of sp³-hybridized carbons (Fsp3) is 0.577. The van der Waals surface area contributed by atoms with Crippen LogP contribution >= 0.6 is 0 Å². The van der Waals surface area contributed by atoms with E-state index >= 15 is 0 Å². The number of carbonyl (C=O) groups excluding carboxylic acids is 1. The van der Waals surface area contributed by atoms with Gasteiger partial charge in [-0.1, -0.05) is 43.7 Å². The van der Waals surface area contributed by atoms with Crippen LogP contribution in [0.2, 0.25) is 0 Å². The van der Waals surface area contributed by atoms with Gasteiger partial charge in [-0.05, 0) is 85.8 Å². The molecule has 5 rings (SSSR count). The zero-order valence-electron chi connectivity index (χ0n) is 17.5. The highest BCUT2D eigenvalue weighted by atomic mass is 19.1. The van der Waals surface area contributed by atoms with Crippen molar-refractivity contribution in [2.24, 2.45) is 28.6 Å². The number of fused-ring (bicyclic) bond motifs is 5. The Morgan fingerprint density at radius 1 is 1.07 bits per heavy atom. The zero-order valence-corrected chi connectivity index (χ0v) is 17.5. The van der Waals surface area contributed by atoms with E-state index in [1.165, 1.54) is 11.6 Å². The summed E-state index contributed by atoms with van der Waals surface area (Å²) in [6, 6.07) is 6.73. The van der Waals surface area contributed by atoms with Crippen molar-refractivity contribution in [3.8, 4) is 0 Å². The highest BCUT2D eigenvalue weighted by Gasteiger charge is 2.59. The molecule has 3 fully saturated rings. The lowest BCUT2D eigenvalue weighted by Crippen LogP contribution is -2.50. The lowest BCUT2D eigenvalue weighted by molar-refractivity contribution is -0.130. The first-order valence-corrected chi connectivity index (χ1v) is 11.2. The lowest BCUT2D eigenvalue weighted by atomic mass is 9.48. The van der Waals surface area contributed by atoms with Crippen molar-refractivity contribution in [3.63, 3.8) is 0 Å². The highest BCUT2D eigenvalue weighted by molar-refractivity contribution is 6.06. The highest BCUT2D eigenvalue weighted by Crippen LogP contribution is 2.64. The summed E-state index contributed by atoms with van der Waals surface area (Å²) in [6.45, 7) is 4.56. The molecule has 0 amide bonds. The van der Waals surface area contributed by atoms with Crippen molar-refractivity contribution >= 4 is 11.9 Å². The molecule has 3 heteroatoms. The number of allylic oxidation sites excluding steroid dienone is 2. The number of benzene rings is 1. The molecule has 0 bridgehead atoms. The molecule has 6 atom stereocenters. The van der Waals surface area contributed by atoms with E-state index in [2.05, 4.69) is 19.9 Å². The van der Waals surface area contributed by atoms with Crippen LogP contribution in [0.3, 0.4) is 0 Å². The van der Waals surface area contributed by atoms with E-state index in [0.717, 1.165) is 50.5 Å². The van der Waals surface area contributed by atoms with Gasteiger partial charge in [-0.25, -0.2) is 4.39 Å². The van der Waals surface area contributed by atoms with Gasteiger partial charge in [0.2, 0.25) is 0 Å². The molecule has 154 valence electrons. The van der Waals surface area contributed by atoms with Crippen LogP contribution in [-0.4, -0.2) is 17.0 Å². The van der Waals surface area contributed by atoms with Crippen LogP contribution in [0.25, 0.3) is 6.08 Å². The molecule has 3 saturated carbocycles. The smallest absolute Gasteiger partial charge is 0.165 e. The topological polar surface area (TPSA) is 37.3 Å². The van der Waals surface area contributed by atoms with E-state index in [-0.39, 0.29) is 28.5 Å². The average Bonchev–Trinajstić information content (AvgIpc) is 2.95. The lowest BCUT2D eigenvalue weighted by Gasteiger charge is -2.56. The van der Waals surface area contributed by atoms with Gasteiger partial charge in [0.1, 0.15) is 5.82 Å². The molecule has 0 heterocycles. The third kappa shape index (κ3) is 2.80. The Balaban J connectivity index is 1.49. The van der Waals surface area contributed by atoms with Gasteiger partial charge < -0.3 is 5.11 Å². The molecule has 4 aliphatic rings. The Kier molecular flexibility index (Phi) is 4.40. The van der Waals surface area contributed by atoms with Gasteiger partial charge in [0.25, 0.3) is 0 Å². The minimum atomic E-state index is -0.311. The summed E-state index contributed by atoms with van der Waals surface area (Å²) in [7, 11) is 0. The molecule has 0 aliphatic heterocycles. The Bertz CT molecular complexity index is 915. The van der Waals surface area contributed by atoms with Gasteiger partial charge in [0, 0.05) is 11.0 Å². The predicted octanol–water partition coefficient (Wildman–Crippen LogP) is 5.71. The van der Waals surface area contributed by atoms with Gasteiger partial charge >= 0.3 is 0 Å². The average molecular weight is 395 g/mol. The maximum atomic E-state index is 14.2. The first kappa shape index (κ1) is 19.2. The van der Waals surface area contributed by atoms with Crippen molar-refractivity contribution in [3.05, 3.63) is 52.9 Å². The molecule has 0 saturated heterocycles. The normalized spacial score (nSPS) is 42.8. The first-order chi connectivity index (χ1) is 13.8. The van der Waals surface area contributed by atoms with E-state index < -0.39 is 0 Å². The molecule has 1 N–H and O–H groups in total. The van der Waals surface area contributed by atoms with Gasteiger partial charge in [-0.3, -0.25) is 4.79 Å². The van der Waals surface area contributed by atoms with Gasteiger partial charge in [-0.15, -0.1) is 0 Å². The van der Waals surface area contributed by atoms with Crippen molar-refractivity contribution in [1.82, 2.24) is 0 Å². The number of rotatable bonds is 1. The Hall–Kier alpha value is -1.74. The molecular weight excluding hydrogens is 363 g/mol. The van der Waals surface area contributed by atoms with Crippen molar-refractivity contribution in [2.75, 3.05) is 0 Å². The van der Waals surface area contributed by atoms with Crippen LogP contribution in [0.4, 0.5) is 4.39 Å². The number of hydrogen-bond donors (Lipinski definition) is 1. The van der Waals surface area contributed by atoms with Gasteiger partial charge in [0.15, 0.2) is 5.78 Å². The molecule has 0 spiro atoms. The third-order valence-corrected chi connectivity index (χ3v) is 8.95. The molecule has 4 aliphatic carbocycles. The fourth-order valence-electron chi connectivity index (χ4n) is 7.22. The Labute approximate surface area is 172 Å². The van der Waals surface area contributed by atoms with Crippen LogP contribution < -0.4 is 0 Å². The van der Waals surface area contributed by atoms with Gasteiger partial charge in [-0.2, -0.15) is 0 Å². The second kappa shape index (κ2) is 6.63.